The molecule has 2 aromatic carbocycles. The van der Waals surface area contributed by atoms with Gasteiger partial charge in [0.1, 0.15) is 0 Å². The first-order valence-electron chi connectivity index (χ1n) is 9.22. The van der Waals surface area contributed by atoms with Crippen LogP contribution in [0.25, 0.3) is 0 Å². The van der Waals surface area contributed by atoms with Gasteiger partial charge in [0.25, 0.3) is 0 Å². The molecule has 2 aliphatic rings. The lowest BCUT2D eigenvalue weighted by Crippen LogP contribution is -2.53. The minimum atomic E-state index is -0.242. The van der Waals surface area contributed by atoms with Crippen LogP contribution in [-0.4, -0.2) is 40.6 Å². The third kappa shape index (κ3) is 3.54. The summed E-state index contributed by atoms with van der Waals surface area (Å²) in [6.07, 6.45) is 1.55. The minimum Gasteiger partial charge on any atom is -0.324 e. The summed E-state index contributed by atoms with van der Waals surface area (Å²) in [5, 5.41) is 2.95. The zero-order valence-electron chi connectivity index (χ0n) is 15.4. The molecule has 27 heavy (non-hydrogen) atoms. The Morgan fingerprint density at radius 2 is 1.81 bits per heavy atom. The molecule has 140 valence electrons. The Kier molecular flexibility index (Phi) is 4.83. The molecule has 6 heteroatoms. The molecule has 2 saturated heterocycles. The zero-order chi connectivity index (χ0) is 18.9. The fourth-order valence-electron chi connectivity index (χ4n) is 3.85. The quantitative estimate of drug-likeness (QED) is 0.852. The number of carbonyl (C=O) groups excluding carboxylic acids is 2. The van der Waals surface area contributed by atoms with E-state index in [1.807, 2.05) is 65.3 Å². The van der Waals surface area contributed by atoms with Crippen LogP contribution in [0.3, 0.4) is 0 Å². The van der Waals surface area contributed by atoms with E-state index in [9.17, 15) is 9.59 Å². The lowest BCUT2D eigenvalue weighted by Gasteiger charge is -2.44. The van der Waals surface area contributed by atoms with Crippen molar-refractivity contribution >= 4 is 35.1 Å². The average Bonchev–Trinajstić information content (AvgIpc) is 2.99. The summed E-state index contributed by atoms with van der Waals surface area (Å²) >= 11 is 1.72. The van der Waals surface area contributed by atoms with E-state index in [0.717, 1.165) is 29.8 Å². The third-order valence-electron chi connectivity index (χ3n) is 5.24. The summed E-state index contributed by atoms with van der Waals surface area (Å²) in [7, 11) is 0. The number of anilines is 2. The first kappa shape index (κ1) is 17.9. The van der Waals surface area contributed by atoms with Crippen LogP contribution in [0.15, 0.2) is 54.6 Å². The molecule has 0 unspecified atom stereocenters. The molecule has 2 aliphatic heterocycles. The van der Waals surface area contributed by atoms with Gasteiger partial charge < -0.3 is 10.2 Å². The molecule has 2 fully saturated rings. The molecular weight excluding hydrogens is 358 g/mol. The maximum atomic E-state index is 12.6. The van der Waals surface area contributed by atoms with Crippen LogP contribution in [0.1, 0.15) is 18.4 Å². The Morgan fingerprint density at radius 3 is 2.52 bits per heavy atom. The Hall–Kier alpha value is -2.47. The highest BCUT2D eigenvalue weighted by Gasteiger charge is 2.49. The summed E-state index contributed by atoms with van der Waals surface area (Å²) in [6.45, 7) is 3.32. The van der Waals surface area contributed by atoms with Gasteiger partial charge in [-0.15, -0.1) is 11.8 Å². The van der Waals surface area contributed by atoms with E-state index in [4.69, 9.17) is 0 Å². The molecular formula is C21H23N3O2S. The van der Waals surface area contributed by atoms with Crippen molar-refractivity contribution in [2.75, 3.05) is 29.1 Å². The van der Waals surface area contributed by atoms with Gasteiger partial charge in [0, 0.05) is 24.5 Å². The predicted octanol–water partition coefficient (Wildman–Crippen LogP) is 4.10. The zero-order valence-corrected chi connectivity index (χ0v) is 16.2. The molecule has 0 radical (unpaired) electrons. The average molecular weight is 382 g/mol. The number of piperidine rings is 1. The maximum Gasteiger partial charge on any atom is 0.321 e. The highest BCUT2D eigenvalue weighted by molar-refractivity contribution is 8.02. The summed E-state index contributed by atoms with van der Waals surface area (Å²) in [5.74, 6) is 0.664. The lowest BCUT2D eigenvalue weighted by atomic mass is 10.0. The molecule has 2 aromatic rings. The van der Waals surface area contributed by atoms with Crippen LogP contribution in [0, 0.1) is 6.92 Å². The Labute approximate surface area is 163 Å². The fourth-order valence-corrected chi connectivity index (χ4v) is 5.18. The number of aryl methyl sites for hydroxylation is 1. The SMILES string of the molecule is Cc1cccc(N2C(=O)CSC23CCN(C(=O)Nc2ccccc2)CC3)c1. The van der Waals surface area contributed by atoms with Crippen LogP contribution in [0.5, 0.6) is 0 Å². The molecule has 3 amide bonds. The highest BCUT2D eigenvalue weighted by atomic mass is 32.2. The molecule has 0 atom stereocenters. The number of nitrogens with one attached hydrogen (secondary N) is 1. The summed E-state index contributed by atoms with van der Waals surface area (Å²) < 4.78 is 0. The smallest absolute Gasteiger partial charge is 0.321 e. The van der Waals surface area contributed by atoms with Gasteiger partial charge in [0.15, 0.2) is 0 Å². The monoisotopic (exact) mass is 381 g/mol. The van der Waals surface area contributed by atoms with Crippen molar-refractivity contribution in [1.29, 1.82) is 0 Å². The summed E-state index contributed by atoms with van der Waals surface area (Å²) in [4.78, 5) is 28.8. The molecule has 0 aromatic heterocycles. The number of benzene rings is 2. The number of hydrogen-bond acceptors (Lipinski definition) is 3. The van der Waals surface area contributed by atoms with Crippen molar-refractivity contribution in [3.05, 3.63) is 60.2 Å². The van der Waals surface area contributed by atoms with E-state index < -0.39 is 0 Å². The Morgan fingerprint density at radius 1 is 1.07 bits per heavy atom. The number of thioether (sulfide) groups is 1. The molecule has 1 N–H and O–H groups in total. The van der Waals surface area contributed by atoms with E-state index in [0.29, 0.717) is 18.8 Å². The number of rotatable bonds is 2. The second-order valence-corrected chi connectivity index (χ2v) is 8.42. The molecule has 1 spiro atoms. The van der Waals surface area contributed by atoms with Crippen molar-refractivity contribution in [2.45, 2.75) is 24.6 Å². The van der Waals surface area contributed by atoms with Gasteiger partial charge in [0.05, 0.1) is 10.6 Å². The predicted molar refractivity (Wildman–Crippen MR) is 110 cm³/mol. The second-order valence-electron chi connectivity index (χ2n) is 7.09. The second kappa shape index (κ2) is 7.27. The van der Waals surface area contributed by atoms with Crippen molar-refractivity contribution in [1.82, 2.24) is 4.90 Å². The molecule has 5 nitrogen and oxygen atoms in total. The van der Waals surface area contributed by atoms with Gasteiger partial charge in [-0.05, 0) is 49.6 Å². The van der Waals surface area contributed by atoms with Gasteiger partial charge in [-0.25, -0.2) is 4.79 Å². The van der Waals surface area contributed by atoms with Crippen molar-refractivity contribution in [3.8, 4) is 0 Å². The minimum absolute atomic E-state index is 0.0764. The number of carbonyl (C=O) groups is 2. The normalized spacial score (nSPS) is 18.8. The lowest BCUT2D eigenvalue weighted by molar-refractivity contribution is -0.116. The Balaban J connectivity index is 1.47. The van der Waals surface area contributed by atoms with Crippen molar-refractivity contribution < 1.29 is 9.59 Å². The van der Waals surface area contributed by atoms with Crippen LogP contribution in [0.4, 0.5) is 16.2 Å². The van der Waals surface area contributed by atoms with Gasteiger partial charge in [-0.3, -0.25) is 9.69 Å². The van der Waals surface area contributed by atoms with Crippen LogP contribution < -0.4 is 10.2 Å². The van der Waals surface area contributed by atoms with Crippen LogP contribution >= 0.6 is 11.8 Å². The maximum absolute atomic E-state index is 12.6. The molecule has 4 rings (SSSR count). The molecule has 0 aliphatic carbocycles. The number of hydrogen-bond donors (Lipinski definition) is 1. The van der Waals surface area contributed by atoms with E-state index in [1.54, 1.807) is 11.8 Å². The van der Waals surface area contributed by atoms with Gasteiger partial charge in [-0.1, -0.05) is 30.3 Å². The summed E-state index contributed by atoms with van der Waals surface area (Å²) in [6, 6.07) is 17.5. The topological polar surface area (TPSA) is 52.7 Å². The molecule has 2 heterocycles. The van der Waals surface area contributed by atoms with E-state index in [1.165, 1.54) is 0 Å². The van der Waals surface area contributed by atoms with E-state index in [-0.39, 0.29) is 16.8 Å². The van der Waals surface area contributed by atoms with E-state index in [2.05, 4.69) is 11.4 Å². The van der Waals surface area contributed by atoms with Gasteiger partial charge >= 0.3 is 6.03 Å². The van der Waals surface area contributed by atoms with Crippen LogP contribution in [0.2, 0.25) is 0 Å². The number of amides is 3. The van der Waals surface area contributed by atoms with Gasteiger partial charge in [0.2, 0.25) is 5.91 Å². The highest BCUT2D eigenvalue weighted by Crippen LogP contribution is 2.46. The number of nitrogens with zero attached hydrogens (tertiary/aromatic N) is 2. The first-order valence-corrected chi connectivity index (χ1v) is 10.2. The molecule has 0 saturated carbocycles. The van der Waals surface area contributed by atoms with Crippen LogP contribution in [-0.2, 0) is 4.79 Å². The fraction of sp³-hybridized carbons (Fsp3) is 0.333. The largest absolute Gasteiger partial charge is 0.324 e. The summed E-state index contributed by atoms with van der Waals surface area (Å²) in [5.41, 5.74) is 2.91. The number of para-hydroxylation sites is 1. The Bertz CT molecular complexity index is 848. The van der Waals surface area contributed by atoms with Gasteiger partial charge in [-0.2, -0.15) is 0 Å². The van der Waals surface area contributed by atoms with Crippen molar-refractivity contribution in [2.24, 2.45) is 0 Å². The number of urea groups is 1. The first-order chi connectivity index (χ1) is 13.1. The van der Waals surface area contributed by atoms with Crippen molar-refractivity contribution in [3.63, 3.8) is 0 Å². The van der Waals surface area contributed by atoms with E-state index >= 15 is 0 Å². The third-order valence-corrected chi connectivity index (χ3v) is 6.76. The molecule has 0 bridgehead atoms. The standard InChI is InChI=1S/C21H23N3O2S/c1-16-6-5-9-18(14-16)24-19(25)15-27-21(24)10-12-23(13-11-21)20(26)22-17-7-3-2-4-8-17/h2-9,14H,10-13,15H2,1H3,(H,22,26). The number of likely N-dealkylation sites (tertiary alicyclic amines) is 1.